The first-order valence-corrected chi connectivity index (χ1v) is 7.22. The quantitative estimate of drug-likeness (QED) is 0.890. The van der Waals surface area contributed by atoms with Crippen molar-refractivity contribution in [3.05, 3.63) is 52.0 Å². The van der Waals surface area contributed by atoms with Gasteiger partial charge in [0.05, 0.1) is 23.8 Å². The van der Waals surface area contributed by atoms with E-state index in [-0.39, 0.29) is 11.9 Å². The number of carbonyl (C=O) groups is 1. The maximum atomic E-state index is 12.1. The molecule has 0 unspecified atom stereocenters. The summed E-state index contributed by atoms with van der Waals surface area (Å²) >= 11 is 1.54. The Kier molecular flexibility index (Phi) is 3.57. The van der Waals surface area contributed by atoms with Crippen LogP contribution in [0.25, 0.3) is 0 Å². The minimum absolute atomic E-state index is 0.0440. The van der Waals surface area contributed by atoms with Crippen molar-refractivity contribution < 1.29 is 4.79 Å². The molecule has 0 saturated carbocycles. The van der Waals surface area contributed by atoms with Crippen molar-refractivity contribution in [1.82, 2.24) is 15.6 Å². The van der Waals surface area contributed by atoms with Crippen LogP contribution in [-0.2, 0) is 24.3 Å². The summed E-state index contributed by atoms with van der Waals surface area (Å²) in [4.78, 5) is 16.3. The smallest absolute Gasteiger partial charge is 0.237 e. The first kappa shape index (κ1) is 12.3. The number of hydrogen-bond acceptors (Lipinski definition) is 4. The first-order valence-electron chi connectivity index (χ1n) is 6.28. The molecule has 1 aliphatic rings. The Labute approximate surface area is 115 Å². The molecule has 19 heavy (non-hydrogen) atoms. The molecule has 98 valence electrons. The van der Waals surface area contributed by atoms with Crippen LogP contribution in [0, 0.1) is 0 Å². The van der Waals surface area contributed by atoms with E-state index in [9.17, 15) is 4.79 Å². The second kappa shape index (κ2) is 5.50. The van der Waals surface area contributed by atoms with E-state index >= 15 is 0 Å². The van der Waals surface area contributed by atoms with Gasteiger partial charge in [-0.1, -0.05) is 24.3 Å². The van der Waals surface area contributed by atoms with Gasteiger partial charge in [-0.25, -0.2) is 4.98 Å². The van der Waals surface area contributed by atoms with Gasteiger partial charge in [-0.15, -0.1) is 11.3 Å². The standard InChI is InChI=1S/C14H15N3OS/c18-14(16-7-12-8-19-9-17-12)13-5-10-3-1-2-4-11(10)6-15-13/h1-4,8-9,13,15H,5-7H2,(H,16,18)/t13-/m0/s1. The Morgan fingerprint density at radius 2 is 2.26 bits per heavy atom. The summed E-state index contributed by atoms with van der Waals surface area (Å²) in [6, 6.07) is 8.11. The van der Waals surface area contributed by atoms with Crippen LogP contribution in [0.4, 0.5) is 0 Å². The number of aromatic nitrogens is 1. The molecule has 2 N–H and O–H groups in total. The van der Waals surface area contributed by atoms with E-state index in [0.717, 1.165) is 18.7 Å². The molecule has 1 aromatic heterocycles. The van der Waals surface area contributed by atoms with Crippen molar-refractivity contribution in [3.63, 3.8) is 0 Å². The molecule has 0 bridgehead atoms. The summed E-state index contributed by atoms with van der Waals surface area (Å²) in [5.74, 6) is 0.0440. The lowest BCUT2D eigenvalue weighted by molar-refractivity contribution is -0.123. The normalized spacial score (nSPS) is 17.8. The van der Waals surface area contributed by atoms with E-state index in [2.05, 4.69) is 27.8 Å². The van der Waals surface area contributed by atoms with Crippen LogP contribution in [-0.4, -0.2) is 16.9 Å². The molecule has 0 radical (unpaired) electrons. The van der Waals surface area contributed by atoms with E-state index < -0.39 is 0 Å². The SMILES string of the molecule is O=C(NCc1cscn1)[C@@H]1Cc2ccccc2CN1. The third-order valence-electron chi connectivity index (χ3n) is 3.33. The van der Waals surface area contributed by atoms with Gasteiger partial charge in [0.25, 0.3) is 0 Å². The lowest BCUT2D eigenvalue weighted by Crippen LogP contribution is -2.47. The fraction of sp³-hybridized carbons (Fsp3) is 0.286. The van der Waals surface area contributed by atoms with Gasteiger partial charge in [0.1, 0.15) is 0 Å². The van der Waals surface area contributed by atoms with Gasteiger partial charge in [-0.3, -0.25) is 4.79 Å². The van der Waals surface area contributed by atoms with Gasteiger partial charge in [-0.2, -0.15) is 0 Å². The molecule has 0 fully saturated rings. The number of thiazole rings is 1. The van der Waals surface area contributed by atoms with Gasteiger partial charge in [-0.05, 0) is 17.5 Å². The minimum atomic E-state index is -0.145. The average molecular weight is 273 g/mol. The Morgan fingerprint density at radius 3 is 3.05 bits per heavy atom. The van der Waals surface area contributed by atoms with Crippen LogP contribution in [0.3, 0.4) is 0 Å². The van der Waals surface area contributed by atoms with Crippen molar-refractivity contribution >= 4 is 17.2 Å². The van der Waals surface area contributed by atoms with Gasteiger partial charge < -0.3 is 10.6 Å². The zero-order valence-electron chi connectivity index (χ0n) is 10.4. The van der Waals surface area contributed by atoms with Crippen LogP contribution in [0.5, 0.6) is 0 Å². The summed E-state index contributed by atoms with van der Waals surface area (Å²) in [6.45, 7) is 1.26. The van der Waals surface area contributed by atoms with Crippen LogP contribution in [0.1, 0.15) is 16.8 Å². The summed E-state index contributed by atoms with van der Waals surface area (Å²) in [6.07, 6.45) is 0.749. The molecule has 4 nitrogen and oxygen atoms in total. The second-order valence-corrected chi connectivity index (χ2v) is 5.32. The van der Waals surface area contributed by atoms with E-state index in [4.69, 9.17) is 0 Å². The Balaban J connectivity index is 1.60. The second-order valence-electron chi connectivity index (χ2n) is 4.60. The minimum Gasteiger partial charge on any atom is -0.349 e. The van der Waals surface area contributed by atoms with E-state index in [1.165, 1.54) is 22.5 Å². The van der Waals surface area contributed by atoms with Crippen molar-refractivity contribution in [3.8, 4) is 0 Å². The molecule has 2 heterocycles. The fourth-order valence-corrected chi connectivity index (χ4v) is 2.82. The summed E-state index contributed by atoms with van der Waals surface area (Å²) in [5, 5.41) is 8.15. The molecule has 0 saturated heterocycles. The molecule has 0 aliphatic carbocycles. The van der Waals surface area contributed by atoms with Crippen molar-refractivity contribution in [2.75, 3.05) is 0 Å². The van der Waals surface area contributed by atoms with Crippen molar-refractivity contribution in [2.24, 2.45) is 0 Å². The largest absolute Gasteiger partial charge is 0.349 e. The molecule has 0 spiro atoms. The number of hydrogen-bond donors (Lipinski definition) is 2. The lowest BCUT2D eigenvalue weighted by Gasteiger charge is -2.25. The number of benzene rings is 1. The molecular formula is C14H15N3OS. The van der Waals surface area contributed by atoms with Gasteiger partial charge in [0.2, 0.25) is 5.91 Å². The Hall–Kier alpha value is -1.72. The highest BCUT2D eigenvalue weighted by atomic mass is 32.1. The molecule has 1 aromatic carbocycles. The Morgan fingerprint density at radius 1 is 1.42 bits per heavy atom. The summed E-state index contributed by atoms with van der Waals surface area (Å²) in [5.41, 5.74) is 5.23. The number of nitrogens with one attached hydrogen (secondary N) is 2. The number of amides is 1. The number of nitrogens with zero attached hydrogens (tertiary/aromatic N) is 1. The predicted molar refractivity (Wildman–Crippen MR) is 74.7 cm³/mol. The summed E-state index contributed by atoms with van der Waals surface area (Å²) in [7, 11) is 0. The van der Waals surface area contributed by atoms with Crippen LogP contribution < -0.4 is 10.6 Å². The number of fused-ring (bicyclic) bond motifs is 1. The topological polar surface area (TPSA) is 54.0 Å². The highest BCUT2D eigenvalue weighted by Gasteiger charge is 2.23. The van der Waals surface area contributed by atoms with Gasteiger partial charge in [0, 0.05) is 11.9 Å². The zero-order chi connectivity index (χ0) is 13.1. The maximum Gasteiger partial charge on any atom is 0.237 e. The first-order chi connectivity index (χ1) is 9.33. The average Bonchev–Trinajstić information content (AvgIpc) is 2.97. The van der Waals surface area contributed by atoms with Crippen molar-refractivity contribution in [2.45, 2.75) is 25.6 Å². The zero-order valence-corrected chi connectivity index (χ0v) is 11.2. The molecule has 5 heteroatoms. The molecular weight excluding hydrogens is 258 g/mol. The third-order valence-corrected chi connectivity index (χ3v) is 3.96. The number of rotatable bonds is 3. The van der Waals surface area contributed by atoms with Crippen LogP contribution in [0.15, 0.2) is 35.2 Å². The number of carbonyl (C=O) groups excluding carboxylic acids is 1. The Bertz CT molecular complexity index is 568. The van der Waals surface area contributed by atoms with Crippen LogP contribution in [0.2, 0.25) is 0 Å². The molecule has 2 aromatic rings. The van der Waals surface area contributed by atoms with E-state index in [1.807, 2.05) is 17.5 Å². The molecule has 1 atom stereocenters. The highest BCUT2D eigenvalue weighted by molar-refractivity contribution is 7.07. The lowest BCUT2D eigenvalue weighted by atomic mass is 9.95. The van der Waals surface area contributed by atoms with Gasteiger partial charge >= 0.3 is 0 Å². The highest BCUT2D eigenvalue weighted by Crippen LogP contribution is 2.16. The van der Waals surface area contributed by atoms with Gasteiger partial charge in [0.15, 0.2) is 0 Å². The van der Waals surface area contributed by atoms with E-state index in [0.29, 0.717) is 6.54 Å². The molecule has 3 rings (SSSR count). The van der Waals surface area contributed by atoms with E-state index in [1.54, 1.807) is 5.51 Å². The summed E-state index contributed by atoms with van der Waals surface area (Å²) < 4.78 is 0. The maximum absolute atomic E-state index is 12.1. The fourth-order valence-electron chi connectivity index (χ4n) is 2.27. The monoisotopic (exact) mass is 273 g/mol. The molecule has 1 amide bonds. The van der Waals surface area contributed by atoms with Crippen LogP contribution >= 0.6 is 11.3 Å². The third kappa shape index (κ3) is 2.83. The molecule has 1 aliphatic heterocycles. The predicted octanol–water partition coefficient (Wildman–Crippen LogP) is 1.47. The van der Waals surface area contributed by atoms with Crippen molar-refractivity contribution in [1.29, 1.82) is 0 Å².